The quantitative estimate of drug-likeness (QED) is 0.674. The number of amides is 2. The van der Waals surface area contributed by atoms with Gasteiger partial charge in [-0.3, -0.25) is 9.98 Å². The third-order valence-electron chi connectivity index (χ3n) is 4.53. The molecular formula is C23H20N4O2. The van der Waals surface area contributed by atoms with Crippen LogP contribution in [0.4, 0.5) is 16.2 Å². The van der Waals surface area contributed by atoms with Crippen LogP contribution in [-0.4, -0.2) is 30.4 Å². The maximum Gasteiger partial charge on any atom is 0.323 e. The molecular weight excluding hydrogens is 364 g/mol. The van der Waals surface area contributed by atoms with Crippen molar-refractivity contribution in [3.05, 3.63) is 90.3 Å². The van der Waals surface area contributed by atoms with E-state index >= 15 is 0 Å². The second-order valence-corrected chi connectivity index (χ2v) is 6.43. The zero-order chi connectivity index (χ0) is 20.1. The summed E-state index contributed by atoms with van der Waals surface area (Å²) in [6, 6.07) is 18.5. The van der Waals surface area contributed by atoms with Crippen molar-refractivity contribution in [1.82, 2.24) is 4.98 Å². The smallest absolute Gasteiger partial charge is 0.323 e. The van der Waals surface area contributed by atoms with E-state index in [4.69, 9.17) is 4.74 Å². The van der Waals surface area contributed by atoms with E-state index < -0.39 is 0 Å². The maximum absolute atomic E-state index is 12.4. The van der Waals surface area contributed by atoms with Gasteiger partial charge in [0.2, 0.25) is 0 Å². The van der Waals surface area contributed by atoms with Gasteiger partial charge in [0.15, 0.2) is 0 Å². The molecule has 4 rings (SSSR count). The first kappa shape index (κ1) is 18.4. The van der Waals surface area contributed by atoms with Gasteiger partial charge < -0.3 is 15.4 Å². The van der Waals surface area contributed by atoms with E-state index in [0.717, 1.165) is 28.2 Å². The Hall–Kier alpha value is -3.93. The van der Waals surface area contributed by atoms with Crippen molar-refractivity contribution in [3.63, 3.8) is 0 Å². The highest BCUT2D eigenvalue weighted by Crippen LogP contribution is 2.25. The Labute approximate surface area is 169 Å². The number of aliphatic imine (C=N–C) groups is 1. The van der Waals surface area contributed by atoms with E-state index in [1.54, 1.807) is 43.8 Å². The van der Waals surface area contributed by atoms with Crippen LogP contribution in [0.15, 0.2) is 84.1 Å². The molecule has 1 aliphatic heterocycles. The van der Waals surface area contributed by atoms with Crippen LogP contribution >= 0.6 is 0 Å². The van der Waals surface area contributed by atoms with Crippen LogP contribution in [0.2, 0.25) is 0 Å². The molecule has 29 heavy (non-hydrogen) atoms. The molecule has 0 spiro atoms. The van der Waals surface area contributed by atoms with Crippen LogP contribution in [0, 0.1) is 0 Å². The number of urea groups is 1. The van der Waals surface area contributed by atoms with Gasteiger partial charge in [0.25, 0.3) is 0 Å². The number of hydrogen-bond acceptors (Lipinski definition) is 4. The summed E-state index contributed by atoms with van der Waals surface area (Å²) >= 11 is 0. The second kappa shape index (κ2) is 8.39. The van der Waals surface area contributed by atoms with Gasteiger partial charge in [0.1, 0.15) is 5.75 Å². The summed E-state index contributed by atoms with van der Waals surface area (Å²) in [5, 5.41) is 5.68. The molecule has 144 valence electrons. The third-order valence-corrected chi connectivity index (χ3v) is 4.53. The van der Waals surface area contributed by atoms with Crippen molar-refractivity contribution in [3.8, 4) is 5.75 Å². The highest BCUT2D eigenvalue weighted by atomic mass is 16.5. The van der Waals surface area contributed by atoms with Crippen molar-refractivity contribution in [2.75, 3.05) is 24.3 Å². The lowest BCUT2D eigenvalue weighted by Crippen LogP contribution is -2.19. The van der Waals surface area contributed by atoms with E-state index in [-0.39, 0.29) is 6.03 Å². The van der Waals surface area contributed by atoms with Gasteiger partial charge in [-0.05, 0) is 54.1 Å². The van der Waals surface area contributed by atoms with Gasteiger partial charge in [-0.2, -0.15) is 0 Å². The van der Waals surface area contributed by atoms with Crippen molar-refractivity contribution >= 4 is 28.7 Å². The molecule has 0 radical (unpaired) electrons. The number of nitrogens with one attached hydrogen (secondary N) is 2. The lowest BCUT2D eigenvalue weighted by molar-refractivity contribution is 0.262. The predicted molar refractivity (Wildman–Crippen MR) is 116 cm³/mol. The molecule has 1 aliphatic rings. The Morgan fingerprint density at radius 3 is 2.45 bits per heavy atom. The van der Waals surface area contributed by atoms with Crippen LogP contribution in [0.3, 0.4) is 0 Å². The zero-order valence-corrected chi connectivity index (χ0v) is 15.9. The molecule has 0 aliphatic carbocycles. The molecule has 2 amide bonds. The number of benzene rings is 2. The lowest BCUT2D eigenvalue weighted by atomic mass is 9.97. The molecule has 0 unspecified atom stereocenters. The Kier molecular flexibility index (Phi) is 5.33. The van der Waals surface area contributed by atoms with Gasteiger partial charge in [-0.25, -0.2) is 4.79 Å². The van der Waals surface area contributed by atoms with Crippen LogP contribution in [0.5, 0.6) is 5.75 Å². The largest absolute Gasteiger partial charge is 0.497 e. The second-order valence-electron chi connectivity index (χ2n) is 6.43. The average molecular weight is 384 g/mol. The van der Waals surface area contributed by atoms with E-state index in [1.807, 2.05) is 36.4 Å². The van der Waals surface area contributed by atoms with Crippen LogP contribution in [0.1, 0.15) is 11.1 Å². The van der Waals surface area contributed by atoms with E-state index in [0.29, 0.717) is 17.9 Å². The number of methoxy groups -OCH3 is 1. The number of pyridine rings is 1. The first-order valence-corrected chi connectivity index (χ1v) is 9.21. The minimum Gasteiger partial charge on any atom is -0.497 e. The van der Waals surface area contributed by atoms with Crippen LogP contribution < -0.4 is 15.4 Å². The number of allylic oxidation sites excluding steroid dienone is 1. The maximum atomic E-state index is 12.4. The number of aromatic nitrogens is 1. The molecule has 0 fully saturated rings. The number of carbonyl (C=O) groups excluding carboxylic acids is 1. The van der Waals surface area contributed by atoms with Crippen LogP contribution in [0.25, 0.3) is 5.57 Å². The average Bonchev–Trinajstić information content (AvgIpc) is 3.25. The van der Waals surface area contributed by atoms with Gasteiger partial charge >= 0.3 is 6.03 Å². The molecule has 0 saturated carbocycles. The van der Waals surface area contributed by atoms with Gasteiger partial charge in [-0.1, -0.05) is 18.2 Å². The number of carbonyl (C=O) groups is 1. The SMILES string of the molecule is COc1ccc(NC(=O)Nc2cccc(C3=NCC=C3c3ccncc3)c2)cc1. The molecule has 0 bridgehead atoms. The fourth-order valence-electron chi connectivity index (χ4n) is 3.15. The highest BCUT2D eigenvalue weighted by Gasteiger charge is 2.16. The topological polar surface area (TPSA) is 75.6 Å². The zero-order valence-electron chi connectivity index (χ0n) is 15.9. The van der Waals surface area contributed by atoms with Crippen molar-refractivity contribution in [1.29, 1.82) is 0 Å². The van der Waals surface area contributed by atoms with E-state index in [1.165, 1.54) is 0 Å². The Morgan fingerprint density at radius 2 is 1.69 bits per heavy atom. The molecule has 3 aromatic rings. The minimum absolute atomic E-state index is 0.314. The molecule has 2 aromatic carbocycles. The highest BCUT2D eigenvalue weighted by molar-refractivity contribution is 6.33. The van der Waals surface area contributed by atoms with E-state index in [2.05, 4.69) is 26.7 Å². The molecule has 2 heterocycles. The number of anilines is 2. The number of rotatable bonds is 5. The summed E-state index contributed by atoms with van der Waals surface area (Å²) in [6.45, 7) is 0.641. The van der Waals surface area contributed by atoms with Crippen LogP contribution in [-0.2, 0) is 0 Å². The summed E-state index contributed by atoms with van der Waals surface area (Å²) in [5.74, 6) is 0.735. The first-order chi connectivity index (χ1) is 14.2. The summed E-state index contributed by atoms with van der Waals surface area (Å²) in [7, 11) is 1.60. The van der Waals surface area contributed by atoms with Crippen molar-refractivity contribution in [2.24, 2.45) is 4.99 Å². The molecule has 6 nitrogen and oxygen atoms in total. The van der Waals surface area contributed by atoms with E-state index in [9.17, 15) is 4.79 Å². The Morgan fingerprint density at radius 1 is 0.931 bits per heavy atom. The Balaban J connectivity index is 1.47. The summed E-state index contributed by atoms with van der Waals surface area (Å²) in [4.78, 5) is 21.1. The predicted octanol–water partition coefficient (Wildman–Crippen LogP) is 4.62. The molecule has 1 aromatic heterocycles. The first-order valence-electron chi connectivity index (χ1n) is 9.21. The fourth-order valence-corrected chi connectivity index (χ4v) is 3.15. The molecule has 0 atom stereocenters. The standard InChI is InChI=1S/C23H20N4O2/c1-29-20-7-5-18(6-8-20)26-23(28)27-19-4-2-3-17(15-19)22-21(11-14-25-22)16-9-12-24-13-10-16/h2-13,15H,14H2,1H3,(H2,26,27,28). The van der Waals surface area contributed by atoms with Crippen molar-refractivity contribution in [2.45, 2.75) is 0 Å². The monoisotopic (exact) mass is 384 g/mol. The van der Waals surface area contributed by atoms with Gasteiger partial charge in [0, 0.05) is 34.9 Å². The molecule has 2 N–H and O–H groups in total. The van der Waals surface area contributed by atoms with Crippen molar-refractivity contribution < 1.29 is 9.53 Å². The fraction of sp³-hybridized carbons (Fsp3) is 0.0870. The summed E-state index contributed by atoms with van der Waals surface area (Å²) < 4.78 is 5.12. The Bertz CT molecular complexity index is 1070. The van der Waals surface area contributed by atoms with Gasteiger partial charge in [0.05, 0.1) is 19.4 Å². The minimum atomic E-state index is -0.314. The number of ether oxygens (including phenoxy) is 1. The lowest BCUT2D eigenvalue weighted by Gasteiger charge is -2.11. The van der Waals surface area contributed by atoms with Gasteiger partial charge in [-0.15, -0.1) is 0 Å². The third kappa shape index (κ3) is 4.32. The number of nitrogens with zero attached hydrogens (tertiary/aromatic N) is 2. The summed E-state index contributed by atoms with van der Waals surface area (Å²) in [6.07, 6.45) is 5.64. The molecule has 0 saturated heterocycles. The summed E-state index contributed by atoms with van der Waals surface area (Å²) in [5.41, 5.74) is 5.39. The number of hydrogen-bond donors (Lipinski definition) is 2. The normalized spacial score (nSPS) is 12.7. The molecule has 6 heteroatoms.